The summed E-state index contributed by atoms with van der Waals surface area (Å²) in [6.45, 7) is 0.764. The third-order valence-electron chi connectivity index (χ3n) is 0.998. The van der Waals surface area contributed by atoms with Crippen LogP contribution in [0.3, 0.4) is 0 Å². The molecule has 3 heteroatoms. The van der Waals surface area contributed by atoms with E-state index in [1.165, 1.54) is 11.9 Å². The molecule has 0 fully saturated rings. The number of hydrogen-bond acceptors (Lipinski definition) is 2. The number of nitrogens with zero attached hydrogens (tertiary/aromatic N) is 1. The van der Waals surface area contributed by atoms with Crippen molar-refractivity contribution in [1.29, 1.82) is 0 Å². The van der Waals surface area contributed by atoms with Gasteiger partial charge in [0.05, 0.1) is 6.54 Å². The van der Waals surface area contributed by atoms with Gasteiger partial charge in [-0.2, -0.15) is 0 Å². The van der Waals surface area contributed by atoms with Crippen molar-refractivity contribution in [1.82, 2.24) is 4.31 Å². The number of carbonyl (C=O) groups is 1. The second kappa shape index (κ2) is 2.22. The van der Waals surface area contributed by atoms with Crippen molar-refractivity contribution in [3.8, 4) is 0 Å². The molecular formula is C5H7NOS. The fraction of sp³-hybridized carbons (Fsp3) is 0.400. The third kappa shape index (κ3) is 0.865. The van der Waals surface area contributed by atoms with Crippen LogP contribution in [0.25, 0.3) is 0 Å². The average Bonchev–Trinajstić information content (AvgIpc) is 2.14. The van der Waals surface area contributed by atoms with Crippen LogP contribution in [0.2, 0.25) is 0 Å². The van der Waals surface area contributed by atoms with Gasteiger partial charge in [-0.3, -0.25) is 9.10 Å². The second-order valence-corrected chi connectivity index (χ2v) is 2.29. The van der Waals surface area contributed by atoms with Crippen molar-refractivity contribution in [3.63, 3.8) is 0 Å². The van der Waals surface area contributed by atoms with E-state index in [0.717, 1.165) is 6.54 Å². The molecule has 1 amide bonds. The smallest absolute Gasteiger partial charge is 0.256 e. The minimum atomic E-state index is 0.109. The Morgan fingerprint density at radius 2 is 2.62 bits per heavy atom. The van der Waals surface area contributed by atoms with Crippen molar-refractivity contribution >= 4 is 17.9 Å². The van der Waals surface area contributed by atoms with Gasteiger partial charge < -0.3 is 0 Å². The molecule has 0 aromatic rings. The van der Waals surface area contributed by atoms with Gasteiger partial charge in [0.2, 0.25) is 0 Å². The van der Waals surface area contributed by atoms with Crippen molar-refractivity contribution in [2.45, 2.75) is 0 Å². The van der Waals surface area contributed by atoms with E-state index in [2.05, 4.69) is 0 Å². The molecule has 0 atom stereocenters. The van der Waals surface area contributed by atoms with Gasteiger partial charge >= 0.3 is 0 Å². The summed E-state index contributed by atoms with van der Waals surface area (Å²) in [4.78, 5) is 10.6. The van der Waals surface area contributed by atoms with E-state index in [4.69, 9.17) is 0 Å². The summed E-state index contributed by atoms with van der Waals surface area (Å²) >= 11 is 1.46. The second-order valence-electron chi connectivity index (χ2n) is 1.48. The van der Waals surface area contributed by atoms with Crippen LogP contribution in [0, 0.1) is 0 Å². The third-order valence-corrected chi connectivity index (χ3v) is 1.77. The molecule has 44 valence electrons. The molecule has 0 aromatic carbocycles. The maximum Gasteiger partial charge on any atom is 0.256 e. The number of carbonyl (C=O) groups excluding carboxylic acids is 1. The first kappa shape index (κ1) is 5.69. The Kier molecular flexibility index (Phi) is 1.58. The number of rotatable bonds is 1. The molecule has 0 aromatic heterocycles. The highest BCUT2D eigenvalue weighted by atomic mass is 32.2. The van der Waals surface area contributed by atoms with E-state index in [1.54, 1.807) is 10.4 Å². The molecule has 1 aliphatic rings. The normalized spacial score (nSPS) is 18.1. The topological polar surface area (TPSA) is 20.3 Å². The first-order valence-electron chi connectivity index (χ1n) is 2.37. The van der Waals surface area contributed by atoms with Gasteiger partial charge in [0.15, 0.2) is 0 Å². The largest absolute Gasteiger partial charge is 0.279 e. The van der Waals surface area contributed by atoms with Crippen LogP contribution >= 0.6 is 11.9 Å². The molecule has 0 saturated carbocycles. The van der Waals surface area contributed by atoms with Gasteiger partial charge in [0, 0.05) is 12.3 Å². The lowest BCUT2D eigenvalue weighted by atomic mass is 10.6. The Balaban J connectivity index is 2.51. The summed E-state index contributed by atoms with van der Waals surface area (Å²) < 4.78 is 1.69. The van der Waals surface area contributed by atoms with Crippen LogP contribution in [0.4, 0.5) is 0 Å². The first-order chi connectivity index (χ1) is 3.84. The highest BCUT2D eigenvalue weighted by molar-refractivity contribution is 7.96. The Labute approximate surface area is 52.7 Å². The van der Waals surface area contributed by atoms with Crippen molar-refractivity contribution < 1.29 is 4.79 Å². The predicted octanol–water partition coefficient (Wildman–Crippen LogP) is 0.663. The van der Waals surface area contributed by atoms with E-state index < -0.39 is 0 Å². The summed E-state index contributed by atoms with van der Waals surface area (Å²) in [5, 5.41) is 0. The summed E-state index contributed by atoms with van der Waals surface area (Å²) in [5.74, 6) is 0.109. The fourth-order valence-electron chi connectivity index (χ4n) is 0.587. The maximum atomic E-state index is 10.6. The zero-order valence-corrected chi connectivity index (χ0v) is 5.44. The summed E-state index contributed by atoms with van der Waals surface area (Å²) in [6, 6.07) is 0. The molecule has 2 nitrogen and oxygen atoms in total. The van der Waals surface area contributed by atoms with Crippen LogP contribution in [-0.2, 0) is 4.79 Å². The molecule has 0 saturated heterocycles. The number of amides is 1. The van der Waals surface area contributed by atoms with Crippen molar-refractivity contribution in [2.75, 3.05) is 12.8 Å². The lowest BCUT2D eigenvalue weighted by Gasteiger charge is -2.08. The van der Waals surface area contributed by atoms with E-state index in [-0.39, 0.29) is 5.91 Å². The first-order valence-corrected chi connectivity index (χ1v) is 3.55. The minimum absolute atomic E-state index is 0.109. The van der Waals surface area contributed by atoms with Crippen LogP contribution in [-0.4, -0.2) is 23.0 Å². The fourth-order valence-corrected chi connectivity index (χ4v) is 1.06. The van der Waals surface area contributed by atoms with Crippen LogP contribution < -0.4 is 0 Å². The SMILES string of the molecule is CSN1CC=CC1=O. The van der Waals surface area contributed by atoms with Crippen molar-refractivity contribution in [3.05, 3.63) is 12.2 Å². The lowest BCUT2D eigenvalue weighted by molar-refractivity contribution is -0.120. The lowest BCUT2D eigenvalue weighted by Crippen LogP contribution is -2.15. The van der Waals surface area contributed by atoms with Crippen LogP contribution in [0.15, 0.2) is 12.2 Å². The summed E-state index contributed by atoms with van der Waals surface area (Å²) in [7, 11) is 0. The van der Waals surface area contributed by atoms with Gasteiger partial charge in [0.25, 0.3) is 5.91 Å². The standard InChI is InChI=1S/C5H7NOS/c1-8-6-4-2-3-5(6)7/h2-3H,4H2,1H3. The molecule has 0 aliphatic carbocycles. The van der Waals surface area contributed by atoms with E-state index in [0.29, 0.717) is 0 Å². The molecule has 0 spiro atoms. The van der Waals surface area contributed by atoms with E-state index >= 15 is 0 Å². The molecule has 0 bridgehead atoms. The molecule has 1 rings (SSSR count). The average molecular weight is 129 g/mol. The van der Waals surface area contributed by atoms with Crippen molar-refractivity contribution in [2.24, 2.45) is 0 Å². The Morgan fingerprint density at radius 3 is 2.88 bits per heavy atom. The molecule has 1 heterocycles. The molecule has 0 N–H and O–H groups in total. The highest BCUT2D eigenvalue weighted by Gasteiger charge is 2.11. The monoisotopic (exact) mass is 129 g/mol. The van der Waals surface area contributed by atoms with Gasteiger partial charge in [-0.1, -0.05) is 18.0 Å². The van der Waals surface area contributed by atoms with Gasteiger partial charge in [0.1, 0.15) is 0 Å². The zero-order valence-electron chi connectivity index (χ0n) is 4.63. The Morgan fingerprint density at radius 1 is 1.88 bits per heavy atom. The molecular weight excluding hydrogens is 122 g/mol. The van der Waals surface area contributed by atoms with Gasteiger partial charge in [-0.05, 0) is 0 Å². The maximum absolute atomic E-state index is 10.6. The summed E-state index contributed by atoms with van der Waals surface area (Å²) in [6.07, 6.45) is 5.35. The number of hydrogen-bond donors (Lipinski definition) is 0. The zero-order chi connectivity index (χ0) is 5.98. The van der Waals surface area contributed by atoms with E-state index in [1.807, 2.05) is 12.3 Å². The predicted molar refractivity (Wildman–Crippen MR) is 34.4 cm³/mol. The van der Waals surface area contributed by atoms with Crippen LogP contribution in [0.1, 0.15) is 0 Å². The van der Waals surface area contributed by atoms with E-state index in [9.17, 15) is 4.79 Å². The van der Waals surface area contributed by atoms with Gasteiger partial charge in [-0.15, -0.1) is 0 Å². The Bertz CT molecular complexity index is 132. The molecule has 0 radical (unpaired) electrons. The van der Waals surface area contributed by atoms with Crippen LogP contribution in [0.5, 0.6) is 0 Å². The quantitative estimate of drug-likeness (QED) is 0.485. The summed E-state index contributed by atoms with van der Waals surface area (Å²) in [5.41, 5.74) is 0. The molecule has 0 unspecified atom stereocenters. The minimum Gasteiger partial charge on any atom is -0.279 e. The Hall–Kier alpha value is -0.440. The highest BCUT2D eigenvalue weighted by Crippen LogP contribution is 2.10. The molecule has 1 aliphatic heterocycles. The molecule has 8 heavy (non-hydrogen) atoms. The van der Waals surface area contributed by atoms with Gasteiger partial charge in [-0.25, -0.2) is 0 Å².